The second-order valence-electron chi connectivity index (χ2n) is 16.3. The third-order valence-corrected chi connectivity index (χ3v) is 7.98. The van der Waals surface area contributed by atoms with Crippen LogP contribution >= 0.6 is 0 Å². The number of aliphatic hydroxyl groups excluding tert-OH is 2. The smallest absolute Gasteiger partial charge is 0.338 e. The zero-order valence-electron chi connectivity index (χ0n) is 29.6. The zero-order chi connectivity index (χ0) is 34.9. The van der Waals surface area contributed by atoms with Crippen LogP contribution in [0.4, 0.5) is 0 Å². The standard InChI is InChI=1S/C37H56O8/c1-21(44-33(43)23-18-26(36(8,9)10)32(42)27(19-23)37(11,12)13)30(40)28(20-38)45-29(39)15-14-22-16-24(34(2,3)4)31(41)25(17-22)35(5,6)7/h16-19,21,28,30,38,40-42H,14-15,20H2,1-13H3. The highest BCUT2D eigenvalue weighted by Gasteiger charge is 2.33. The van der Waals surface area contributed by atoms with Crippen molar-refractivity contribution in [1.82, 2.24) is 0 Å². The van der Waals surface area contributed by atoms with Gasteiger partial charge in [0.2, 0.25) is 0 Å². The van der Waals surface area contributed by atoms with Gasteiger partial charge >= 0.3 is 11.9 Å². The summed E-state index contributed by atoms with van der Waals surface area (Å²) in [6.07, 6.45) is -3.61. The summed E-state index contributed by atoms with van der Waals surface area (Å²) in [7, 11) is 0. The van der Waals surface area contributed by atoms with Gasteiger partial charge in [0.1, 0.15) is 23.7 Å². The van der Waals surface area contributed by atoms with Gasteiger partial charge in [0.15, 0.2) is 6.10 Å². The first-order valence-electron chi connectivity index (χ1n) is 15.7. The van der Waals surface area contributed by atoms with Crippen LogP contribution in [0.2, 0.25) is 0 Å². The van der Waals surface area contributed by atoms with Gasteiger partial charge in [-0.25, -0.2) is 4.79 Å². The Morgan fingerprint density at radius 3 is 1.42 bits per heavy atom. The van der Waals surface area contributed by atoms with E-state index in [9.17, 15) is 30.0 Å². The molecule has 2 rings (SSSR count). The van der Waals surface area contributed by atoms with E-state index in [0.717, 1.165) is 16.7 Å². The van der Waals surface area contributed by atoms with Crippen molar-refractivity contribution >= 4 is 11.9 Å². The summed E-state index contributed by atoms with van der Waals surface area (Å²) in [5.41, 5.74) is 2.30. The minimum Gasteiger partial charge on any atom is -0.507 e. The number of hydrogen-bond donors (Lipinski definition) is 4. The number of carbonyl (C=O) groups excluding carboxylic acids is 2. The van der Waals surface area contributed by atoms with Gasteiger partial charge in [-0.2, -0.15) is 0 Å². The molecule has 0 aliphatic rings. The summed E-state index contributed by atoms with van der Waals surface area (Å²) in [4.78, 5) is 26.1. The van der Waals surface area contributed by atoms with Crippen molar-refractivity contribution in [3.05, 3.63) is 57.6 Å². The largest absolute Gasteiger partial charge is 0.507 e. The number of aryl methyl sites for hydroxylation is 1. The van der Waals surface area contributed by atoms with Gasteiger partial charge in [-0.15, -0.1) is 0 Å². The van der Waals surface area contributed by atoms with Crippen molar-refractivity contribution in [2.75, 3.05) is 6.61 Å². The topological polar surface area (TPSA) is 134 Å². The molecular weight excluding hydrogens is 572 g/mol. The number of phenols is 2. The van der Waals surface area contributed by atoms with Crippen molar-refractivity contribution in [2.24, 2.45) is 0 Å². The van der Waals surface area contributed by atoms with Crippen LogP contribution in [-0.2, 0) is 42.3 Å². The first kappa shape index (κ1) is 38.1. The molecule has 0 aliphatic heterocycles. The van der Waals surface area contributed by atoms with E-state index in [2.05, 4.69) is 0 Å². The van der Waals surface area contributed by atoms with Crippen LogP contribution in [0.5, 0.6) is 11.5 Å². The molecule has 0 saturated carbocycles. The maximum atomic E-state index is 13.2. The van der Waals surface area contributed by atoms with Gasteiger partial charge in [0, 0.05) is 17.5 Å². The summed E-state index contributed by atoms with van der Waals surface area (Å²) in [5, 5.41) is 42.8. The van der Waals surface area contributed by atoms with Crippen LogP contribution in [0.1, 0.15) is 135 Å². The summed E-state index contributed by atoms with van der Waals surface area (Å²) < 4.78 is 11.0. The van der Waals surface area contributed by atoms with Crippen LogP contribution in [0.15, 0.2) is 24.3 Å². The minimum atomic E-state index is -1.49. The molecule has 0 aromatic heterocycles. The second kappa shape index (κ2) is 13.7. The average molecular weight is 629 g/mol. The molecule has 0 bridgehead atoms. The molecule has 3 unspecified atom stereocenters. The number of esters is 2. The van der Waals surface area contributed by atoms with E-state index in [-0.39, 0.29) is 34.3 Å². The highest BCUT2D eigenvalue weighted by atomic mass is 16.6. The lowest BCUT2D eigenvalue weighted by Crippen LogP contribution is -2.43. The molecule has 252 valence electrons. The minimum absolute atomic E-state index is 0.0198. The molecule has 0 amide bonds. The van der Waals surface area contributed by atoms with Gasteiger partial charge in [-0.05, 0) is 63.8 Å². The third-order valence-electron chi connectivity index (χ3n) is 7.98. The maximum absolute atomic E-state index is 13.2. The van der Waals surface area contributed by atoms with Gasteiger partial charge in [0.05, 0.1) is 12.2 Å². The molecular formula is C37H56O8. The third kappa shape index (κ3) is 9.69. The maximum Gasteiger partial charge on any atom is 0.338 e. The Hall–Kier alpha value is -3.10. The van der Waals surface area contributed by atoms with Crippen LogP contribution in [0, 0.1) is 0 Å². The molecule has 8 nitrogen and oxygen atoms in total. The molecule has 0 radical (unpaired) electrons. The van der Waals surface area contributed by atoms with Crippen molar-refractivity contribution < 1.29 is 39.5 Å². The number of rotatable bonds is 9. The number of aliphatic hydroxyl groups is 2. The number of ether oxygens (including phenoxy) is 2. The Morgan fingerprint density at radius 2 is 1.07 bits per heavy atom. The lowest BCUT2D eigenvalue weighted by molar-refractivity contribution is -0.163. The van der Waals surface area contributed by atoms with E-state index in [4.69, 9.17) is 9.47 Å². The fraction of sp³-hybridized carbons (Fsp3) is 0.622. The summed E-state index contributed by atoms with van der Waals surface area (Å²) >= 11 is 0. The van der Waals surface area contributed by atoms with E-state index in [1.165, 1.54) is 6.92 Å². The van der Waals surface area contributed by atoms with E-state index in [0.29, 0.717) is 17.5 Å². The molecule has 0 spiro atoms. The Balaban J connectivity index is 2.19. The Labute approximate surface area is 269 Å². The fourth-order valence-corrected chi connectivity index (χ4v) is 5.18. The number of carbonyl (C=O) groups is 2. The predicted molar refractivity (Wildman–Crippen MR) is 177 cm³/mol. The Morgan fingerprint density at radius 1 is 0.689 bits per heavy atom. The van der Waals surface area contributed by atoms with E-state index < -0.39 is 47.7 Å². The van der Waals surface area contributed by atoms with Gasteiger partial charge in [-0.3, -0.25) is 4.79 Å². The molecule has 0 aliphatic carbocycles. The van der Waals surface area contributed by atoms with Crippen molar-refractivity contribution in [2.45, 2.75) is 143 Å². The molecule has 2 aromatic carbocycles. The lowest BCUT2D eigenvalue weighted by atomic mass is 9.78. The zero-order valence-corrected chi connectivity index (χ0v) is 29.6. The van der Waals surface area contributed by atoms with Crippen molar-refractivity contribution in [3.63, 3.8) is 0 Å². The quantitative estimate of drug-likeness (QED) is 0.225. The molecule has 0 saturated heterocycles. The van der Waals surface area contributed by atoms with Gasteiger partial charge in [0.25, 0.3) is 0 Å². The van der Waals surface area contributed by atoms with Crippen molar-refractivity contribution in [1.29, 1.82) is 0 Å². The van der Waals surface area contributed by atoms with E-state index >= 15 is 0 Å². The summed E-state index contributed by atoms with van der Waals surface area (Å²) in [6, 6.07) is 6.98. The molecule has 45 heavy (non-hydrogen) atoms. The number of benzene rings is 2. The number of phenolic OH excluding ortho intramolecular Hbond substituents is 2. The predicted octanol–water partition coefficient (Wildman–Crippen LogP) is 6.73. The Kier molecular flexibility index (Phi) is 11.6. The highest BCUT2D eigenvalue weighted by Crippen LogP contribution is 2.41. The lowest BCUT2D eigenvalue weighted by Gasteiger charge is -2.29. The van der Waals surface area contributed by atoms with E-state index in [1.807, 2.05) is 95.2 Å². The highest BCUT2D eigenvalue weighted by molar-refractivity contribution is 5.90. The van der Waals surface area contributed by atoms with Crippen LogP contribution in [0.25, 0.3) is 0 Å². The molecule has 8 heteroatoms. The second-order valence-corrected chi connectivity index (χ2v) is 16.3. The molecule has 0 heterocycles. The number of hydrogen-bond acceptors (Lipinski definition) is 8. The van der Waals surface area contributed by atoms with Gasteiger partial charge < -0.3 is 29.9 Å². The monoisotopic (exact) mass is 628 g/mol. The molecule has 0 fully saturated rings. The van der Waals surface area contributed by atoms with Crippen LogP contribution in [0.3, 0.4) is 0 Å². The number of aromatic hydroxyl groups is 2. The average Bonchev–Trinajstić information content (AvgIpc) is 2.87. The van der Waals surface area contributed by atoms with E-state index in [1.54, 1.807) is 12.1 Å². The first-order chi connectivity index (χ1) is 20.3. The van der Waals surface area contributed by atoms with Gasteiger partial charge in [-0.1, -0.05) is 95.2 Å². The van der Waals surface area contributed by atoms with Crippen LogP contribution < -0.4 is 0 Å². The van der Waals surface area contributed by atoms with Crippen molar-refractivity contribution in [3.8, 4) is 11.5 Å². The summed E-state index contributed by atoms with van der Waals surface area (Å²) in [6.45, 7) is 24.5. The molecule has 3 atom stereocenters. The fourth-order valence-electron chi connectivity index (χ4n) is 5.18. The van der Waals surface area contributed by atoms with Crippen LogP contribution in [-0.4, -0.2) is 57.3 Å². The molecule has 4 N–H and O–H groups in total. The molecule has 2 aromatic rings. The normalized spacial score (nSPS) is 14.9. The SMILES string of the molecule is CC(OC(=O)c1cc(C(C)(C)C)c(O)c(C(C)(C)C)c1)C(O)C(CO)OC(=O)CCc1cc(C(C)(C)C)c(O)c(C(C)(C)C)c1. The Bertz CT molecular complexity index is 1290. The first-order valence-corrected chi connectivity index (χ1v) is 15.7. The summed E-state index contributed by atoms with van der Waals surface area (Å²) in [5.74, 6) is -0.956.